The van der Waals surface area contributed by atoms with E-state index in [9.17, 15) is 43.9 Å². The van der Waals surface area contributed by atoms with Gasteiger partial charge in [-0.1, -0.05) is 13.0 Å². The first-order chi connectivity index (χ1) is 19.4. The van der Waals surface area contributed by atoms with Crippen molar-refractivity contribution >= 4 is 15.7 Å². The number of carbonyl (C=O) groups is 1. The SMILES string of the molecule is Cc1cc(F)ccc1C1C[C@@H](C(=O)NC[C@H](C)c2cc(C(F)(F)F)cc(C(F)(F)F)c2)CCN1C1CCS(=O)(=O)CC1. The van der Waals surface area contributed by atoms with Gasteiger partial charge in [-0.3, -0.25) is 9.69 Å². The second-order valence-electron chi connectivity index (χ2n) is 11.3. The molecule has 1 N–H and O–H groups in total. The molecule has 5 nitrogen and oxygen atoms in total. The molecule has 232 valence electrons. The lowest BCUT2D eigenvalue weighted by Gasteiger charge is -2.45. The summed E-state index contributed by atoms with van der Waals surface area (Å²) in [6, 6.07) is 5.48. The van der Waals surface area contributed by atoms with E-state index in [0.29, 0.717) is 49.9 Å². The van der Waals surface area contributed by atoms with E-state index in [1.165, 1.54) is 19.1 Å². The van der Waals surface area contributed by atoms with E-state index >= 15 is 0 Å². The molecule has 1 amide bonds. The normalized spacial score (nSPS) is 23.0. The van der Waals surface area contributed by atoms with E-state index in [2.05, 4.69) is 10.2 Å². The van der Waals surface area contributed by atoms with Gasteiger partial charge in [-0.2, -0.15) is 26.3 Å². The molecule has 2 aliphatic heterocycles. The maximum absolute atomic E-state index is 13.9. The zero-order valence-electron chi connectivity index (χ0n) is 23.2. The number of rotatable bonds is 6. The van der Waals surface area contributed by atoms with E-state index in [-0.39, 0.29) is 47.7 Å². The minimum absolute atomic E-state index is 0.0317. The molecule has 0 spiro atoms. The van der Waals surface area contributed by atoms with Gasteiger partial charge in [0, 0.05) is 24.5 Å². The second kappa shape index (κ2) is 12.1. The summed E-state index contributed by atoms with van der Waals surface area (Å²) in [6.07, 6.45) is -8.26. The Hall–Kier alpha value is -2.67. The number of benzene rings is 2. The molecule has 0 radical (unpaired) electrons. The molecule has 2 saturated heterocycles. The molecule has 2 aromatic rings. The Kier molecular flexibility index (Phi) is 9.32. The highest BCUT2D eigenvalue weighted by atomic mass is 32.2. The van der Waals surface area contributed by atoms with Crippen LogP contribution >= 0.6 is 0 Å². The van der Waals surface area contributed by atoms with Crippen LogP contribution in [0.4, 0.5) is 30.7 Å². The Labute approximate surface area is 240 Å². The van der Waals surface area contributed by atoms with Gasteiger partial charge in [-0.15, -0.1) is 0 Å². The van der Waals surface area contributed by atoms with E-state index in [1.54, 1.807) is 13.0 Å². The molecule has 3 atom stereocenters. The van der Waals surface area contributed by atoms with E-state index in [1.807, 2.05) is 0 Å². The maximum atomic E-state index is 13.9. The van der Waals surface area contributed by atoms with Crippen LogP contribution in [0.15, 0.2) is 36.4 Å². The number of nitrogens with one attached hydrogen (secondary N) is 1. The molecule has 0 saturated carbocycles. The molecule has 2 heterocycles. The molecule has 13 heteroatoms. The zero-order valence-corrected chi connectivity index (χ0v) is 24.0. The molecule has 2 aliphatic rings. The highest BCUT2D eigenvalue weighted by Gasteiger charge is 2.40. The summed E-state index contributed by atoms with van der Waals surface area (Å²) < 4.78 is 118. The number of amides is 1. The fourth-order valence-corrected chi connectivity index (χ4v) is 7.43. The summed E-state index contributed by atoms with van der Waals surface area (Å²) in [7, 11) is -3.10. The number of nitrogens with zero attached hydrogens (tertiary/aromatic N) is 1. The van der Waals surface area contributed by atoms with Gasteiger partial charge in [0.1, 0.15) is 15.7 Å². The van der Waals surface area contributed by atoms with Gasteiger partial charge in [-0.25, -0.2) is 12.8 Å². The van der Waals surface area contributed by atoms with Crippen LogP contribution in [0.25, 0.3) is 0 Å². The molecule has 0 aromatic heterocycles. The predicted octanol–water partition coefficient (Wildman–Crippen LogP) is 6.42. The van der Waals surface area contributed by atoms with Crippen LogP contribution < -0.4 is 5.32 Å². The van der Waals surface area contributed by atoms with Crippen molar-refractivity contribution < 1.29 is 43.9 Å². The molecule has 2 aromatic carbocycles. The average Bonchev–Trinajstić information content (AvgIpc) is 2.90. The molecular formula is C29H33F7N2O3S. The van der Waals surface area contributed by atoms with Crippen LogP contribution in [0.2, 0.25) is 0 Å². The quantitative estimate of drug-likeness (QED) is 0.378. The maximum Gasteiger partial charge on any atom is 0.416 e. The Balaban J connectivity index is 1.50. The lowest BCUT2D eigenvalue weighted by Crippen LogP contribution is -2.49. The lowest BCUT2D eigenvalue weighted by atomic mass is 9.83. The first kappa shape index (κ1) is 32.2. The van der Waals surface area contributed by atoms with E-state index in [0.717, 1.165) is 5.56 Å². The first-order valence-corrected chi connectivity index (χ1v) is 15.6. The first-order valence-electron chi connectivity index (χ1n) is 13.7. The van der Waals surface area contributed by atoms with Gasteiger partial charge in [0.2, 0.25) is 5.91 Å². The summed E-state index contributed by atoms with van der Waals surface area (Å²) in [5.74, 6) is -2.00. The number of halogens is 7. The third-order valence-electron chi connectivity index (χ3n) is 8.36. The number of hydrogen-bond donors (Lipinski definition) is 1. The van der Waals surface area contributed by atoms with Crippen LogP contribution in [-0.2, 0) is 27.0 Å². The largest absolute Gasteiger partial charge is 0.416 e. The van der Waals surface area contributed by atoms with Crippen LogP contribution in [0.1, 0.15) is 72.4 Å². The van der Waals surface area contributed by atoms with Gasteiger partial charge in [0.05, 0.1) is 22.6 Å². The number of alkyl halides is 6. The summed E-state index contributed by atoms with van der Waals surface area (Å²) in [4.78, 5) is 15.4. The summed E-state index contributed by atoms with van der Waals surface area (Å²) in [6.45, 7) is 3.51. The van der Waals surface area contributed by atoms with Crippen molar-refractivity contribution in [3.8, 4) is 0 Å². The van der Waals surface area contributed by atoms with Crippen molar-refractivity contribution in [3.63, 3.8) is 0 Å². The Morgan fingerprint density at radius 3 is 2.12 bits per heavy atom. The number of piperidine rings is 1. The number of carbonyl (C=O) groups excluding carboxylic acids is 1. The summed E-state index contributed by atoms with van der Waals surface area (Å²) in [5, 5.41) is 2.71. The fourth-order valence-electron chi connectivity index (χ4n) is 5.97. The number of hydrogen-bond acceptors (Lipinski definition) is 4. The number of aryl methyl sites for hydroxylation is 1. The molecule has 1 unspecified atom stereocenters. The molecule has 0 aliphatic carbocycles. The topological polar surface area (TPSA) is 66.5 Å². The zero-order chi connectivity index (χ0) is 31.0. The Morgan fingerprint density at radius 1 is 0.976 bits per heavy atom. The van der Waals surface area contributed by atoms with Crippen molar-refractivity contribution in [3.05, 3.63) is 70.0 Å². The number of likely N-dealkylation sites (tertiary alicyclic amines) is 1. The molecule has 0 bridgehead atoms. The van der Waals surface area contributed by atoms with Gasteiger partial charge < -0.3 is 5.32 Å². The average molecular weight is 623 g/mol. The van der Waals surface area contributed by atoms with Crippen molar-refractivity contribution in [2.24, 2.45) is 5.92 Å². The lowest BCUT2D eigenvalue weighted by molar-refractivity contribution is -0.143. The molecular weight excluding hydrogens is 589 g/mol. The predicted molar refractivity (Wildman–Crippen MR) is 143 cm³/mol. The second-order valence-corrected chi connectivity index (χ2v) is 13.6. The van der Waals surface area contributed by atoms with Crippen molar-refractivity contribution in [2.45, 2.75) is 69.9 Å². The third kappa shape index (κ3) is 7.64. The Morgan fingerprint density at radius 2 is 1.57 bits per heavy atom. The van der Waals surface area contributed by atoms with E-state index < -0.39 is 51.0 Å². The summed E-state index contributed by atoms with van der Waals surface area (Å²) in [5.41, 5.74) is -1.51. The smallest absolute Gasteiger partial charge is 0.355 e. The third-order valence-corrected chi connectivity index (χ3v) is 10.1. The standard InChI is InChI=1S/C29H33F7N2O3S/c1-17-11-23(30)3-4-25(17)26-14-19(5-8-38(26)24-6-9-42(40,41)10-7-24)27(39)37-16-18(2)20-12-21(28(31,32)33)15-22(13-20)29(34,35)36/h3-4,11-13,15,18-19,24,26H,5-10,14,16H2,1-2H3,(H,37,39)/t18-,19-,26?/m0/s1. The summed E-state index contributed by atoms with van der Waals surface area (Å²) >= 11 is 0. The van der Waals surface area contributed by atoms with Gasteiger partial charge in [-0.05, 0) is 92.1 Å². The van der Waals surface area contributed by atoms with Crippen LogP contribution in [0.5, 0.6) is 0 Å². The van der Waals surface area contributed by atoms with Crippen molar-refractivity contribution in [1.82, 2.24) is 10.2 Å². The van der Waals surface area contributed by atoms with Crippen LogP contribution in [-0.4, -0.2) is 49.9 Å². The van der Waals surface area contributed by atoms with Crippen LogP contribution in [0.3, 0.4) is 0 Å². The molecule has 4 rings (SSSR count). The van der Waals surface area contributed by atoms with Crippen LogP contribution in [0, 0.1) is 18.7 Å². The van der Waals surface area contributed by atoms with Crippen molar-refractivity contribution in [2.75, 3.05) is 24.6 Å². The van der Waals surface area contributed by atoms with E-state index in [4.69, 9.17) is 0 Å². The minimum atomic E-state index is -4.97. The molecule has 42 heavy (non-hydrogen) atoms. The van der Waals surface area contributed by atoms with Gasteiger partial charge in [0.25, 0.3) is 0 Å². The number of sulfone groups is 1. The van der Waals surface area contributed by atoms with Gasteiger partial charge >= 0.3 is 12.4 Å². The fraction of sp³-hybridized carbons (Fsp3) is 0.552. The molecule has 2 fully saturated rings. The highest BCUT2D eigenvalue weighted by molar-refractivity contribution is 7.91. The van der Waals surface area contributed by atoms with Gasteiger partial charge in [0.15, 0.2) is 0 Å². The Bertz CT molecular complexity index is 1360. The monoisotopic (exact) mass is 622 g/mol. The minimum Gasteiger partial charge on any atom is -0.355 e. The highest BCUT2D eigenvalue weighted by Crippen LogP contribution is 2.40. The van der Waals surface area contributed by atoms with Crippen molar-refractivity contribution in [1.29, 1.82) is 0 Å².